The third-order valence-corrected chi connectivity index (χ3v) is 9.01. The van der Waals surface area contributed by atoms with Crippen molar-refractivity contribution in [2.24, 2.45) is 17.3 Å². The second-order valence-corrected chi connectivity index (χ2v) is 11.1. The third-order valence-electron chi connectivity index (χ3n) is 8.56. The average Bonchev–Trinajstić information content (AvgIpc) is 3.12. The number of hydrogen-bond donors (Lipinski definition) is 2. The Morgan fingerprint density at radius 1 is 1.31 bits per heavy atom. The number of aliphatic hydroxyl groups is 2. The van der Waals surface area contributed by atoms with Crippen LogP contribution in [0.15, 0.2) is 59.3 Å². The van der Waals surface area contributed by atoms with Crippen molar-refractivity contribution in [2.45, 2.75) is 103 Å². The summed E-state index contributed by atoms with van der Waals surface area (Å²) in [5, 5.41) is 20.6. The molecule has 3 aliphatic rings. The van der Waals surface area contributed by atoms with Crippen molar-refractivity contribution in [3.8, 4) is 0 Å². The molecule has 0 radical (unpaired) electrons. The Labute approximate surface area is 200 Å². The van der Waals surface area contributed by atoms with Crippen molar-refractivity contribution >= 4 is 11.6 Å². The molecule has 3 rings (SSSR count). The highest BCUT2D eigenvalue weighted by atomic mass is 35.5. The van der Waals surface area contributed by atoms with Gasteiger partial charge in [-0.1, -0.05) is 75.8 Å². The molecule has 0 amide bonds. The van der Waals surface area contributed by atoms with Gasteiger partial charge in [-0.3, -0.25) is 0 Å². The van der Waals surface area contributed by atoms with E-state index in [9.17, 15) is 10.2 Å². The van der Waals surface area contributed by atoms with Crippen LogP contribution >= 0.6 is 11.6 Å². The lowest BCUT2D eigenvalue weighted by atomic mass is 9.62. The standard InChI is InChI=1S/C29H43ClO2/c1-6-29(32,7-2)17-8-10-20(3)25-14-15-26-22(11-9-16-28(25,26)5)12-13-23-18-24(31)19-27(30)21(23)4/h8,10,12-14,20,24,26-27,31-32H,4,6-7,9,11,15-19H2,1-3,5H3/b10-8+,22-12+,23-13-. The van der Waals surface area contributed by atoms with Crippen LogP contribution in [0.3, 0.4) is 0 Å². The minimum Gasteiger partial charge on any atom is -0.393 e. The first-order valence-electron chi connectivity index (χ1n) is 12.6. The highest BCUT2D eigenvalue weighted by molar-refractivity contribution is 6.22. The zero-order valence-electron chi connectivity index (χ0n) is 20.5. The first-order valence-corrected chi connectivity index (χ1v) is 13.1. The van der Waals surface area contributed by atoms with Gasteiger partial charge in [0.15, 0.2) is 0 Å². The molecule has 32 heavy (non-hydrogen) atoms. The predicted molar refractivity (Wildman–Crippen MR) is 137 cm³/mol. The summed E-state index contributed by atoms with van der Waals surface area (Å²) in [6.07, 6.45) is 19.4. The summed E-state index contributed by atoms with van der Waals surface area (Å²) in [6, 6.07) is 0. The van der Waals surface area contributed by atoms with Crippen LogP contribution in [-0.4, -0.2) is 27.3 Å². The zero-order valence-corrected chi connectivity index (χ0v) is 21.3. The molecule has 0 aromatic carbocycles. The Morgan fingerprint density at radius 2 is 2.03 bits per heavy atom. The SMILES string of the molecule is C=C1/C(=C\C=C2/CCCC3(C)C(C(C)/C=C/CC(O)(CC)CC)=CCC23)CC(O)CC1Cl. The summed E-state index contributed by atoms with van der Waals surface area (Å²) >= 11 is 6.38. The summed E-state index contributed by atoms with van der Waals surface area (Å²) in [6.45, 7) is 13.1. The Morgan fingerprint density at radius 3 is 2.72 bits per heavy atom. The zero-order chi connectivity index (χ0) is 23.5. The van der Waals surface area contributed by atoms with Gasteiger partial charge >= 0.3 is 0 Å². The van der Waals surface area contributed by atoms with Crippen molar-refractivity contribution in [2.75, 3.05) is 0 Å². The fraction of sp³-hybridized carbons (Fsp3) is 0.655. The van der Waals surface area contributed by atoms with Crippen molar-refractivity contribution in [1.82, 2.24) is 0 Å². The van der Waals surface area contributed by atoms with Gasteiger partial charge in [0.25, 0.3) is 0 Å². The number of halogens is 1. The lowest BCUT2D eigenvalue weighted by Gasteiger charge is -2.42. The smallest absolute Gasteiger partial charge is 0.0676 e. The number of aliphatic hydroxyl groups excluding tert-OH is 1. The largest absolute Gasteiger partial charge is 0.393 e. The quantitative estimate of drug-likeness (QED) is 0.307. The highest BCUT2D eigenvalue weighted by Crippen LogP contribution is 2.56. The van der Waals surface area contributed by atoms with Crippen LogP contribution < -0.4 is 0 Å². The summed E-state index contributed by atoms with van der Waals surface area (Å²) < 4.78 is 0. The van der Waals surface area contributed by atoms with Crippen LogP contribution in [-0.2, 0) is 0 Å². The van der Waals surface area contributed by atoms with Gasteiger partial charge in [-0.15, -0.1) is 11.6 Å². The molecule has 0 aliphatic heterocycles. The minimum atomic E-state index is -0.570. The molecule has 0 saturated heterocycles. The van der Waals surface area contributed by atoms with E-state index >= 15 is 0 Å². The van der Waals surface area contributed by atoms with Gasteiger partial charge < -0.3 is 10.2 Å². The number of alkyl halides is 1. The molecule has 2 N–H and O–H groups in total. The summed E-state index contributed by atoms with van der Waals surface area (Å²) in [7, 11) is 0. The monoisotopic (exact) mass is 458 g/mol. The molecule has 0 bridgehead atoms. The van der Waals surface area contributed by atoms with Gasteiger partial charge in [0, 0.05) is 0 Å². The van der Waals surface area contributed by atoms with E-state index in [1.54, 1.807) is 5.57 Å². The van der Waals surface area contributed by atoms with E-state index in [0.29, 0.717) is 24.7 Å². The highest BCUT2D eigenvalue weighted by Gasteiger charge is 2.45. The van der Waals surface area contributed by atoms with Gasteiger partial charge in [0.2, 0.25) is 0 Å². The number of allylic oxidation sites excluding steroid dienone is 7. The normalized spacial score (nSPS) is 34.9. The maximum Gasteiger partial charge on any atom is 0.0676 e. The van der Waals surface area contributed by atoms with E-state index in [1.165, 1.54) is 18.4 Å². The van der Waals surface area contributed by atoms with Gasteiger partial charge in [-0.2, -0.15) is 0 Å². The van der Waals surface area contributed by atoms with Crippen molar-refractivity contribution in [1.29, 1.82) is 0 Å². The molecular weight excluding hydrogens is 416 g/mol. The molecule has 5 unspecified atom stereocenters. The van der Waals surface area contributed by atoms with E-state index in [-0.39, 0.29) is 16.9 Å². The molecule has 0 heterocycles. The molecule has 0 aromatic rings. The molecular formula is C29H43ClO2. The van der Waals surface area contributed by atoms with E-state index in [1.807, 2.05) is 0 Å². The lowest BCUT2D eigenvalue weighted by Crippen LogP contribution is -2.32. The Hall–Kier alpha value is -1.09. The van der Waals surface area contributed by atoms with E-state index in [2.05, 4.69) is 64.7 Å². The second kappa shape index (κ2) is 10.5. The first kappa shape index (κ1) is 25.5. The van der Waals surface area contributed by atoms with Crippen LogP contribution in [0.2, 0.25) is 0 Å². The second-order valence-electron chi connectivity index (χ2n) is 10.6. The summed E-state index contributed by atoms with van der Waals surface area (Å²) in [5.41, 5.74) is 4.79. The first-order chi connectivity index (χ1) is 15.1. The Kier molecular flexibility index (Phi) is 8.34. The Bertz CT molecular complexity index is 813. The maximum atomic E-state index is 10.6. The van der Waals surface area contributed by atoms with Crippen LogP contribution in [0.4, 0.5) is 0 Å². The fourth-order valence-electron chi connectivity index (χ4n) is 6.13. The molecule has 2 saturated carbocycles. The van der Waals surface area contributed by atoms with Crippen LogP contribution in [0.5, 0.6) is 0 Å². The van der Waals surface area contributed by atoms with Gasteiger partial charge in [0.1, 0.15) is 0 Å². The minimum absolute atomic E-state index is 0.162. The molecule has 3 heteroatoms. The van der Waals surface area contributed by atoms with Gasteiger partial charge in [-0.25, -0.2) is 0 Å². The molecule has 2 nitrogen and oxygen atoms in total. The lowest BCUT2D eigenvalue weighted by molar-refractivity contribution is 0.0352. The van der Waals surface area contributed by atoms with E-state index in [4.69, 9.17) is 11.6 Å². The molecule has 2 fully saturated rings. The van der Waals surface area contributed by atoms with Crippen LogP contribution in [0.1, 0.15) is 85.5 Å². The fourth-order valence-corrected chi connectivity index (χ4v) is 6.47. The van der Waals surface area contributed by atoms with E-state index < -0.39 is 5.60 Å². The number of hydrogen-bond acceptors (Lipinski definition) is 2. The predicted octanol–water partition coefficient (Wildman–Crippen LogP) is 7.43. The molecule has 3 aliphatic carbocycles. The number of fused-ring (bicyclic) bond motifs is 1. The van der Waals surface area contributed by atoms with Crippen molar-refractivity contribution in [3.05, 3.63) is 59.3 Å². The van der Waals surface area contributed by atoms with Gasteiger partial charge in [0.05, 0.1) is 17.1 Å². The number of rotatable bonds is 7. The summed E-state index contributed by atoms with van der Waals surface area (Å²) in [5.74, 6) is 0.946. The van der Waals surface area contributed by atoms with Crippen molar-refractivity contribution in [3.63, 3.8) is 0 Å². The van der Waals surface area contributed by atoms with E-state index in [0.717, 1.165) is 43.3 Å². The van der Waals surface area contributed by atoms with Crippen LogP contribution in [0, 0.1) is 17.3 Å². The molecule has 5 atom stereocenters. The maximum absolute atomic E-state index is 10.6. The molecule has 0 spiro atoms. The third kappa shape index (κ3) is 5.34. The summed E-state index contributed by atoms with van der Waals surface area (Å²) in [4.78, 5) is 0. The average molecular weight is 459 g/mol. The molecule has 0 aromatic heterocycles. The molecule has 178 valence electrons. The van der Waals surface area contributed by atoms with Crippen molar-refractivity contribution < 1.29 is 10.2 Å². The topological polar surface area (TPSA) is 40.5 Å². The van der Waals surface area contributed by atoms with Gasteiger partial charge in [-0.05, 0) is 86.2 Å². The Balaban J connectivity index is 1.73. The van der Waals surface area contributed by atoms with Crippen LogP contribution in [0.25, 0.3) is 0 Å².